The van der Waals surface area contributed by atoms with Gasteiger partial charge in [0.05, 0.1) is 6.04 Å². The van der Waals surface area contributed by atoms with Gasteiger partial charge in [-0.05, 0) is 43.9 Å². The Hall–Kier alpha value is -1.88. The Morgan fingerprint density at radius 3 is 2.90 bits per heavy atom. The Kier molecular flexibility index (Phi) is 4.20. The average molecular weight is 286 g/mol. The molecule has 1 aromatic carbocycles. The Morgan fingerprint density at radius 2 is 2.10 bits per heavy atom. The van der Waals surface area contributed by atoms with Crippen LogP contribution in [0.1, 0.15) is 43.3 Å². The predicted molar refractivity (Wildman–Crippen MR) is 82.3 cm³/mol. The molecule has 0 aliphatic heterocycles. The number of benzene rings is 1. The number of fused-ring (bicyclic) bond motifs is 1. The predicted octanol–water partition coefficient (Wildman–Crippen LogP) is 2.71. The second kappa shape index (κ2) is 6.26. The summed E-state index contributed by atoms with van der Waals surface area (Å²) in [5.74, 6) is 0.635. The summed E-state index contributed by atoms with van der Waals surface area (Å²) in [7, 11) is 0. The zero-order valence-electron chi connectivity index (χ0n) is 12.6. The summed E-state index contributed by atoms with van der Waals surface area (Å²) in [4.78, 5) is 0. The van der Waals surface area contributed by atoms with Crippen molar-refractivity contribution in [2.24, 2.45) is 0 Å². The van der Waals surface area contributed by atoms with Gasteiger partial charge in [0.15, 0.2) is 0 Å². The largest absolute Gasteiger partial charge is 0.406 e. The monoisotopic (exact) mass is 286 g/mol. The highest BCUT2D eigenvalue weighted by Crippen LogP contribution is 2.23. The summed E-state index contributed by atoms with van der Waals surface area (Å²) >= 11 is 0. The maximum atomic E-state index is 5.69. The number of anilines is 1. The molecular weight excluding hydrogens is 264 g/mol. The van der Waals surface area contributed by atoms with E-state index in [4.69, 9.17) is 4.42 Å². The first-order valence-electron chi connectivity index (χ1n) is 7.66. The Bertz CT molecular complexity index is 595. The maximum Gasteiger partial charge on any atom is 0.315 e. The molecule has 0 amide bonds. The third-order valence-electron chi connectivity index (χ3n) is 4.00. The van der Waals surface area contributed by atoms with Crippen LogP contribution in [0.2, 0.25) is 0 Å². The number of nitrogens with zero attached hydrogens (tertiary/aromatic N) is 2. The van der Waals surface area contributed by atoms with Crippen molar-refractivity contribution in [1.29, 1.82) is 0 Å². The molecule has 2 aromatic rings. The molecule has 1 aliphatic rings. The molecule has 0 fully saturated rings. The zero-order valence-corrected chi connectivity index (χ0v) is 12.6. The van der Waals surface area contributed by atoms with E-state index >= 15 is 0 Å². The van der Waals surface area contributed by atoms with Crippen molar-refractivity contribution < 1.29 is 4.42 Å². The topological polar surface area (TPSA) is 63.0 Å². The van der Waals surface area contributed by atoms with Crippen LogP contribution in [0.15, 0.2) is 28.7 Å². The zero-order chi connectivity index (χ0) is 14.7. The molecule has 21 heavy (non-hydrogen) atoms. The summed E-state index contributed by atoms with van der Waals surface area (Å²) in [6, 6.07) is 9.61. The van der Waals surface area contributed by atoms with Gasteiger partial charge in [-0.15, -0.1) is 5.10 Å². The van der Waals surface area contributed by atoms with Crippen molar-refractivity contribution in [1.82, 2.24) is 15.5 Å². The lowest BCUT2D eigenvalue weighted by Crippen LogP contribution is -2.27. The second-order valence-electron chi connectivity index (χ2n) is 5.58. The van der Waals surface area contributed by atoms with Crippen LogP contribution < -0.4 is 10.6 Å². The van der Waals surface area contributed by atoms with Gasteiger partial charge in [-0.25, -0.2) is 0 Å². The highest BCUT2D eigenvalue weighted by molar-refractivity contribution is 5.33. The Labute approximate surface area is 125 Å². The van der Waals surface area contributed by atoms with Crippen molar-refractivity contribution in [2.45, 2.75) is 45.2 Å². The summed E-state index contributed by atoms with van der Waals surface area (Å²) in [6.07, 6.45) is 3.21. The molecule has 5 nitrogen and oxygen atoms in total. The molecule has 2 atom stereocenters. The lowest BCUT2D eigenvalue weighted by Gasteiger charge is -2.24. The average Bonchev–Trinajstić information content (AvgIpc) is 2.96. The van der Waals surface area contributed by atoms with E-state index in [0.717, 1.165) is 25.8 Å². The lowest BCUT2D eigenvalue weighted by atomic mass is 9.88. The van der Waals surface area contributed by atoms with E-state index in [9.17, 15) is 0 Å². The van der Waals surface area contributed by atoms with Crippen molar-refractivity contribution in [3.05, 3.63) is 41.3 Å². The fourth-order valence-corrected chi connectivity index (χ4v) is 2.86. The molecule has 0 saturated heterocycles. The quantitative estimate of drug-likeness (QED) is 0.885. The number of hydrogen-bond donors (Lipinski definition) is 2. The van der Waals surface area contributed by atoms with E-state index in [-0.39, 0.29) is 6.04 Å². The molecule has 1 heterocycles. The van der Waals surface area contributed by atoms with Crippen LogP contribution in [0.5, 0.6) is 0 Å². The molecule has 112 valence electrons. The van der Waals surface area contributed by atoms with Gasteiger partial charge in [0.1, 0.15) is 0 Å². The van der Waals surface area contributed by atoms with Crippen molar-refractivity contribution in [2.75, 3.05) is 11.9 Å². The van der Waals surface area contributed by atoms with Crippen LogP contribution in [0, 0.1) is 0 Å². The number of hydrogen-bond acceptors (Lipinski definition) is 5. The first kappa shape index (κ1) is 14.1. The third kappa shape index (κ3) is 3.24. The standard InChI is InChI=1S/C16H22N4O/c1-3-17-11(2)15-19-20-16(21-15)18-14-9-8-12-6-4-5-7-13(12)10-14/h4-7,11,14,17H,3,8-10H2,1-2H3,(H,18,20). The van der Waals surface area contributed by atoms with Crippen molar-refractivity contribution in [3.8, 4) is 0 Å². The van der Waals surface area contributed by atoms with Crippen LogP contribution in [0.25, 0.3) is 0 Å². The molecule has 0 saturated carbocycles. The van der Waals surface area contributed by atoms with Gasteiger partial charge >= 0.3 is 6.01 Å². The smallest absolute Gasteiger partial charge is 0.315 e. The molecule has 2 unspecified atom stereocenters. The molecule has 3 rings (SSSR count). The third-order valence-corrected chi connectivity index (χ3v) is 4.00. The minimum atomic E-state index is 0.0881. The molecular formula is C16H22N4O. The summed E-state index contributed by atoms with van der Waals surface area (Å²) in [5.41, 5.74) is 2.88. The summed E-state index contributed by atoms with van der Waals surface area (Å²) in [6.45, 7) is 4.97. The van der Waals surface area contributed by atoms with Gasteiger partial charge in [-0.3, -0.25) is 0 Å². The molecule has 0 spiro atoms. The van der Waals surface area contributed by atoms with Gasteiger partial charge in [-0.1, -0.05) is 36.3 Å². The first-order valence-corrected chi connectivity index (χ1v) is 7.66. The fraction of sp³-hybridized carbons (Fsp3) is 0.500. The second-order valence-corrected chi connectivity index (χ2v) is 5.58. The van der Waals surface area contributed by atoms with Crippen LogP contribution in [0.3, 0.4) is 0 Å². The molecule has 0 radical (unpaired) electrons. The first-order chi connectivity index (χ1) is 10.3. The normalized spacial score (nSPS) is 19.0. The van der Waals surface area contributed by atoms with E-state index in [1.165, 1.54) is 11.1 Å². The SMILES string of the molecule is CCNC(C)c1nnc(NC2CCc3ccccc3C2)o1. The maximum absolute atomic E-state index is 5.69. The van der Waals surface area contributed by atoms with E-state index in [1.54, 1.807) is 0 Å². The highest BCUT2D eigenvalue weighted by atomic mass is 16.4. The Morgan fingerprint density at radius 1 is 1.29 bits per heavy atom. The van der Waals surface area contributed by atoms with Gasteiger partial charge in [-0.2, -0.15) is 0 Å². The highest BCUT2D eigenvalue weighted by Gasteiger charge is 2.20. The van der Waals surface area contributed by atoms with E-state index < -0.39 is 0 Å². The fourth-order valence-electron chi connectivity index (χ4n) is 2.86. The van der Waals surface area contributed by atoms with Crippen molar-refractivity contribution >= 4 is 6.01 Å². The number of aryl methyl sites for hydroxylation is 1. The van der Waals surface area contributed by atoms with Gasteiger partial charge in [0.2, 0.25) is 5.89 Å². The van der Waals surface area contributed by atoms with Crippen LogP contribution >= 0.6 is 0 Å². The van der Waals surface area contributed by atoms with Crippen LogP contribution in [-0.4, -0.2) is 22.8 Å². The Balaban J connectivity index is 1.63. The lowest BCUT2D eigenvalue weighted by molar-refractivity contribution is 0.424. The minimum Gasteiger partial charge on any atom is -0.406 e. The number of aromatic nitrogens is 2. The number of nitrogens with one attached hydrogen (secondary N) is 2. The van der Waals surface area contributed by atoms with E-state index in [2.05, 4.69) is 52.0 Å². The van der Waals surface area contributed by atoms with Crippen LogP contribution in [-0.2, 0) is 12.8 Å². The summed E-state index contributed by atoms with van der Waals surface area (Å²) in [5, 5.41) is 14.8. The molecule has 2 N–H and O–H groups in total. The van der Waals surface area contributed by atoms with Gasteiger partial charge < -0.3 is 15.1 Å². The number of rotatable bonds is 5. The van der Waals surface area contributed by atoms with Crippen molar-refractivity contribution in [3.63, 3.8) is 0 Å². The van der Waals surface area contributed by atoms with Gasteiger partial charge in [0, 0.05) is 6.04 Å². The van der Waals surface area contributed by atoms with E-state index in [1.807, 2.05) is 6.92 Å². The van der Waals surface area contributed by atoms with E-state index in [0.29, 0.717) is 17.9 Å². The van der Waals surface area contributed by atoms with Gasteiger partial charge in [0.25, 0.3) is 0 Å². The molecule has 0 bridgehead atoms. The minimum absolute atomic E-state index is 0.0881. The van der Waals surface area contributed by atoms with Crippen LogP contribution in [0.4, 0.5) is 6.01 Å². The molecule has 1 aromatic heterocycles. The molecule has 5 heteroatoms. The molecule has 1 aliphatic carbocycles. The summed E-state index contributed by atoms with van der Waals surface area (Å²) < 4.78 is 5.69.